The number of nitrogens with one attached hydrogen (secondary N) is 2. The van der Waals surface area contributed by atoms with Crippen LogP contribution in [0.1, 0.15) is 27.9 Å². The van der Waals surface area contributed by atoms with Crippen molar-refractivity contribution in [3.63, 3.8) is 0 Å². The number of amides is 2. The van der Waals surface area contributed by atoms with Crippen LogP contribution in [-0.4, -0.2) is 26.3 Å². The zero-order valence-electron chi connectivity index (χ0n) is 18.9. The first-order chi connectivity index (χ1) is 17.0. The van der Waals surface area contributed by atoms with Gasteiger partial charge in [0.05, 0.1) is 6.33 Å². The van der Waals surface area contributed by atoms with Crippen LogP contribution in [0.5, 0.6) is 11.6 Å². The lowest BCUT2D eigenvalue weighted by Crippen LogP contribution is -2.16. The molecule has 2 N–H and O–H groups in total. The number of hydrogen-bond donors (Lipinski definition) is 2. The van der Waals surface area contributed by atoms with Crippen molar-refractivity contribution in [2.24, 2.45) is 0 Å². The molecule has 9 nitrogen and oxygen atoms in total. The van der Waals surface area contributed by atoms with E-state index in [1.807, 2.05) is 17.6 Å². The molecule has 2 aromatic carbocycles. The minimum Gasteiger partial charge on any atom is -0.438 e. The third-order valence-corrected chi connectivity index (χ3v) is 5.12. The molecule has 0 saturated carbocycles. The number of benzene rings is 2. The number of carbonyl (C=O) groups excluding carboxylic acids is 2. The normalized spacial score (nSPS) is 10.3. The maximum atomic E-state index is 12.8. The van der Waals surface area contributed by atoms with Crippen LogP contribution in [0.2, 0.25) is 0 Å². The van der Waals surface area contributed by atoms with Crippen LogP contribution in [0.25, 0.3) is 0 Å². The number of aryl methyl sites for hydroxylation is 2. The van der Waals surface area contributed by atoms with Gasteiger partial charge in [0.25, 0.3) is 5.91 Å². The van der Waals surface area contributed by atoms with Gasteiger partial charge in [-0.15, -0.1) is 0 Å². The van der Waals surface area contributed by atoms with Crippen molar-refractivity contribution in [1.82, 2.24) is 14.5 Å². The summed E-state index contributed by atoms with van der Waals surface area (Å²) in [5, 5.41) is 14.9. The lowest BCUT2D eigenvalue weighted by molar-refractivity contribution is -0.116. The quantitative estimate of drug-likeness (QED) is 0.393. The predicted octanol–water partition coefficient (Wildman–Crippen LogP) is 4.53. The Morgan fingerprint density at radius 3 is 2.74 bits per heavy atom. The van der Waals surface area contributed by atoms with Gasteiger partial charge in [0.2, 0.25) is 11.8 Å². The fourth-order valence-corrected chi connectivity index (χ4v) is 3.31. The number of nitrogens with zero attached hydrogens (tertiary/aromatic N) is 4. The fraction of sp³-hybridized carbons (Fsp3) is 0.115. The first-order valence-corrected chi connectivity index (χ1v) is 10.8. The summed E-state index contributed by atoms with van der Waals surface area (Å²) in [4.78, 5) is 33.1. The van der Waals surface area contributed by atoms with E-state index >= 15 is 0 Å². The smallest absolute Gasteiger partial charge is 0.255 e. The third-order valence-electron chi connectivity index (χ3n) is 5.12. The second kappa shape index (κ2) is 10.8. The Kier molecular flexibility index (Phi) is 7.13. The number of pyridine rings is 1. The van der Waals surface area contributed by atoms with E-state index in [-0.39, 0.29) is 24.1 Å². The molecule has 0 aliphatic carbocycles. The molecule has 0 aliphatic rings. The highest BCUT2D eigenvalue weighted by Gasteiger charge is 2.12. The van der Waals surface area contributed by atoms with E-state index in [9.17, 15) is 14.9 Å². The molecule has 2 heterocycles. The van der Waals surface area contributed by atoms with Gasteiger partial charge in [-0.25, -0.2) is 9.97 Å². The molecule has 0 saturated heterocycles. The van der Waals surface area contributed by atoms with E-state index in [4.69, 9.17) is 4.74 Å². The number of ether oxygens (including phenoxy) is 1. The van der Waals surface area contributed by atoms with Gasteiger partial charge in [0, 0.05) is 48.5 Å². The van der Waals surface area contributed by atoms with E-state index in [0.717, 1.165) is 5.56 Å². The first-order valence-electron chi connectivity index (χ1n) is 10.8. The first kappa shape index (κ1) is 23.2. The van der Waals surface area contributed by atoms with Gasteiger partial charge in [-0.2, -0.15) is 5.26 Å². The van der Waals surface area contributed by atoms with Crippen molar-refractivity contribution in [3.05, 3.63) is 96.2 Å². The maximum Gasteiger partial charge on any atom is 0.255 e. The van der Waals surface area contributed by atoms with Crippen LogP contribution < -0.4 is 15.4 Å². The molecule has 2 amide bonds. The monoisotopic (exact) mass is 466 g/mol. The molecule has 0 spiro atoms. The minimum atomic E-state index is -0.312. The number of rotatable bonds is 8. The third kappa shape index (κ3) is 6.09. The lowest BCUT2D eigenvalue weighted by Gasteiger charge is -2.12. The van der Waals surface area contributed by atoms with Gasteiger partial charge in [0.1, 0.15) is 17.4 Å². The fourth-order valence-electron chi connectivity index (χ4n) is 3.31. The van der Waals surface area contributed by atoms with Crippen LogP contribution >= 0.6 is 0 Å². The van der Waals surface area contributed by atoms with Crippen molar-refractivity contribution in [3.8, 4) is 17.7 Å². The number of aromatic nitrogens is 3. The highest BCUT2D eigenvalue weighted by molar-refractivity contribution is 6.05. The Morgan fingerprint density at radius 2 is 1.97 bits per heavy atom. The molecular formula is C26H22N6O3. The van der Waals surface area contributed by atoms with Gasteiger partial charge in [0.15, 0.2) is 0 Å². The molecule has 0 aliphatic heterocycles. The summed E-state index contributed by atoms with van der Waals surface area (Å²) in [7, 11) is 0. The number of carbonyl (C=O) groups is 2. The average Bonchev–Trinajstić information content (AvgIpc) is 3.39. The van der Waals surface area contributed by atoms with Crippen LogP contribution in [0, 0.1) is 18.3 Å². The summed E-state index contributed by atoms with van der Waals surface area (Å²) in [5.74, 6) is 0.245. The van der Waals surface area contributed by atoms with E-state index in [0.29, 0.717) is 34.8 Å². The maximum absolute atomic E-state index is 12.8. The van der Waals surface area contributed by atoms with Crippen molar-refractivity contribution in [2.45, 2.75) is 19.9 Å². The standard InChI is InChI=1S/C26H22N6O3/c1-18-14-22(35-26-20(16-27)5-3-10-29-26)7-8-23(18)31-25(34)19-4-2-6-21(15-19)30-24(33)9-12-32-13-11-28-17-32/h2-8,10-11,13-15,17H,9,12H2,1H3,(H,30,33)(H,31,34). The van der Waals surface area contributed by atoms with Gasteiger partial charge in [-0.05, 0) is 61.0 Å². The number of imidazole rings is 1. The van der Waals surface area contributed by atoms with Gasteiger partial charge < -0.3 is 19.9 Å². The van der Waals surface area contributed by atoms with Crippen molar-refractivity contribution >= 4 is 23.2 Å². The molecule has 0 unspecified atom stereocenters. The Labute approximate surface area is 202 Å². The Balaban J connectivity index is 1.38. The van der Waals surface area contributed by atoms with Crippen LogP contribution in [-0.2, 0) is 11.3 Å². The second-order valence-electron chi connectivity index (χ2n) is 7.68. The lowest BCUT2D eigenvalue weighted by atomic mass is 10.1. The minimum absolute atomic E-state index is 0.157. The van der Waals surface area contributed by atoms with E-state index in [2.05, 4.69) is 20.6 Å². The van der Waals surface area contributed by atoms with Crippen LogP contribution in [0.4, 0.5) is 11.4 Å². The van der Waals surface area contributed by atoms with Crippen molar-refractivity contribution in [1.29, 1.82) is 5.26 Å². The highest BCUT2D eigenvalue weighted by atomic mass is 16.5. The number of hydrogen-bond acceptors (Lipinski definition) is 6. The van der Waals surface area contributed by atoms with E-state index in [1.54, 1.807) is 79.5 Å². The summed E-state index contributed by atoms with van der Waals surface area (Å²) in [6.45, 7) is 2.35. The highest BCUT2D eigenvalue weighted by Crippen LogP contribution is 2.27. The van der Waals surface area contributed by atoms with Crippen molar-refractivity contribution < 1.29 is 14.3 Å². The Morgan fingerprint density at radius 1 is 1.09 bits per heavy atom. The average molecular weight is 467 g/mol. The molecule has 0 fully saturated rings. The van der Waals surface area contributed by atoms with Gasteiger partial charge in [-0.3, -0.25) is 9.59 Å². The largest absolute Gasteiger partial charge is 0.438 e. The molecule has 35 heavy (non-hydrogen) atoms. The number of anilines is 2. The Bertz CT molecular complexity index is 1390. The predicted molar refractivity (Wildman–Crippen MR) is 130 cm³/mol. The zero-order chi connectivity index (χ0) is 24.6. The molecule has 0 bridgehead atoms. The van der Waals surface area contributed by atoms with Gasteiger partial charge in [-0.1, -0.05) is 6.07 Å². The topological polar surface area (TPSA) is 122 Å². The molecule has 4 aromatic rings. The van der Waals surface area contributed by atoms with Crippen molar-refractivity contribution in [2.75, 3.05) is 10.6 Å². The molecule has 9 heteroatoms. The van der Waals surface area contributed by atoms with Gasteiger partial charge >= 0.3 is 0 Å². The van der Waals surface area contributed by atoms with E-state index < -0.39 is 0 Å². The zero-order valence-corrected chi connectivity index (χ0v) is 18.9. The van der Waals surface area contributed by atoms with E-state index in [1.165, 1.54) is 0 Å². The molecule has 2 aromatic heterocycles. The SMILES string of the molecule is Cc1cc(Oc2ncccc2C#N)ccc1NC(=O)c1cccc(NC(=O)CCn2ccnc2)c1. The molecular weight excluding hydrogens is 444 g/mol. The summed E-state index contributed by atoms with van der Waals surface area (Å²) in [6.07, 6.45) is 6.94. The van der Waals surface area contributed by atoms with Crippen LogP contribution in [0.15, 0.2) is 79.5 Å². The summed E-state index contributed by atoms with van der Waals surface area (Å²) >= 11 is 0. The Hall–Kier alpha value is -4.97. The molecule has 174 valence electrons. The van der Waals surface area contributed by atoms with Crippen LogP contribution in [0.3, 0.4) is 0 Å². The number of nitriles is 1. The summed E-state index contributed by atoms with van der Waals surface area (Å²) in [6, 6.07) is 17.2. The molecule has 4 rings (SSSR count). The second-order valence-corrected chi connectivity index (χ2v) is 7.68. The molecule has 0 radical (unpaired) electrons. The summed E-state index contributed by atoms with van der Waals surface area (Å²) < 4.78 is 7.55. The molecule has 0 atom stereocenters. The summed E-state index contributed by atoms with van der Waals surface area (Å²) in [5.41, 5.74) is 2.66.